The molecule has 0 aliphatic heterocycles. The largest absolute Gasteiger partial charge is 0.574 e. The van der Waals surface area contributed by atoms with E-state index in [1.807, 2.05) is 0 Å². The molecule has 1 aromatic rings. The van der Waals surface area contributed by atoms with Gasteiger partial charge in [-0.05, 0) is 6.92 Å². The van der Waals surface area contributed by atoms with Crippen molar-refractivity contribution in [1.82, 2.24) is 4.98 Å². The molecule has 0 unspecified atom stereocenters. The normalized spacial score (nSPS) is 11.0. The van der Waals surface area contributed by atoms with E-state index in [4.69, 9.17) is 4.74 Å². The predicted octanol–water partition coefficient (Wildman–Crippen LogP) is 2.08. The molecule has 0 atom stereocenters. The van der Waals surface area contributed by atoms with Crippen LogP contribution >= 0.6 is 0 Å². The van der Waals surface area contributed by atoms with Crippen molar-refractivity contribution in [3.05, 3.63) is 17.3 Å². The van der Waals surface area contributed by atoms with Crippen LogP contribution < -0.4 is 9.47 Å². The first kappa shape index (κ1) is 14.1. The summed E-state index contributed by atoms with van der Waals surface area (Å²) in [6.07, 6.45) is -4.91. The number of alkyl halides is 3. The molecule has 0 amide bonds. The van der Waals surface area contributed by atoms with Gasteiger partial charge in [-0.1, -0.05) is 0 Å². The Labute approximate surface area is 100 Å². The van der Waals surface area contributed by atoms with Crippen LogP contribution in [-0.4, -0.2) is 31.5 Å². The van der Waals surface area contributed by atoms with Crippen LogP contribution in [0.1, 0.15) is 16.1 Å². The zero-order valence-corrected chi connectivity index (χ0v) is 9.79. The summed E-state index contributed by atoms with van der Waals surface area (Å²) in [4.78, 5) is 14.7. The van der Waals surface area contributed by atoms with Crippen molar-refractivity contribution in [3.8, 4) is 11.6 Å². The number of halogens is 3. The molecule has 0 saturated heterocycles. The van der Waals surface area contributed by atoms with Crippen LogP contribution in [-0.2, 0) is 4.74 Å². The van der Waals surface area contributed by atoms with Gasteiger partial charge in [0.1, 0.15) is 5.75 Å². The van der Waals surface area contributed by atoms with Crippen LogP contribution in [0.3, 0.4) is 0 Å². The van der Waals surface area contributed by atoms with Crippen molar-refractivity contribution in [2.24, 2.45) is 0 Å². The summed E-state index contributed by atoms with van der Waals surface area (Å²) in [5.41, 5.74) is -0.304. The highest BCUT2D eigenvalue weighted by molar-refractivity contribution is 5.88. The Hall–Kier alpha value is -1.99. The molecule has 0 aromatic carbocycles. The molecule has 0 aliphatic rings. The van der Waals surface area contributed by atoms with Crippen LogP contribution in [0, 0.1) is 6.92 Å². The predicted molar refractivity (Wildman–Crippen MR) is 53.5 cm³/mol. The van der Waals surface area contributed by atoms with E-state index in [2.05, 4.69) is 14.5 Å². The fourth-order valence-electron chi connectivity index (χ4n) is 1.19. The van der Waals surface area contributed by atoms with Crippen LogP contribution in [0.4, 0.5) is 13.2 Å². The molecule has 1 heterocycles. The minimum atomic E-state index is -4.91. The van der Waals surface area contributed by atoms with E-state index in [-0.39, 0.29) is 17.0 Å². The van der Waals surface area contributed by atoms with E-state index in [0.29, 0.717) is 0 Å². The van der Waals surface area contributed by atoms with Gasteiger partial charge in [-0.2, -0.15) is 0 Å². The molecule has 5 nitrogen and oxygen atoms in total. The second-order valence-electron chi connectivity index (χ2n) is 3.18. The molecular weight excluding hydrogens is 255 g/mol. The first-order valence-electron chi connectivity index (χ1n) is 4.68. The van der Waals surface area contributed by atoms with Crippen molar-refractivity contribution < 1.29 is 32.2 Å². The SMILES string of the molecule is COC(=O)c1cc(OC)c(C)c(OC(F)(F)F)n1. The summed E-state index contributed by atoms with van der Waals surface area (Å²) < 4.78 is 49.4. The molecule has 0 aliphatic carbocycles. The molecule has 0 fully saturated rings. The minimum absolute atomic E-state index is 0.0301. The molecule has 8 heteroatoms. The lowest BCUT2D eigenvalue weighted by Crippen LogP contribution is -2.20. The smallest absolute Gasteiger partial charge is 0.496 e. The molecule has 0 spiro atoms. The maximum atomic E-state index is 12.2. The van der Waals surface area contributed by atoms with E-state index in [9.17, 15) is 18.0 Å². The van der Waals surface area contributed by atoms with Crippen LogP contribution in [0.2, 0.25) is 0 Å². The Morgan fingerprint density at radius 2 is 1.94 bits per heavy atom. The van der Waals surface area contributed by atoms with E-state index in [0.717, 1.165) is 7.11 Å². The number of methoxy groups -OCH3 is 2. The Kier molecular flexibility index (Phi) is 4.00. The first-order chi connectivity index (χ1) is 8.28. The monoisotopic (exact) mass is 265 g/mol. The van der Waals surface area contributed by atoms with Crippen molar-refractivity contribution in [2.45, 2.75) is 13.3 Å². The van der Waals surface area contributed by atoms with Crippen LogP contribution in [0.15, 0.2) is 6.07 Å². The zero-order chi connectivity index (χ0) is 13.9. The van der Waals surface area contributed by atoms with Crippen molar-refractivity contribution in [1.29, 1.82) is 0 Å². The highest BCUT2D eigenvalue weighted by Gasteiger charge is 2.33. The fourth-order valence-corrected chi connectivity index (χ4v) is 1.19. The van der Waals surface area contributed by atoms with Gasteiger partial charge in [0, 0.05) is 6.07 Å². The number of rotatable bonds is 3. The van der Waals surface area contributed by atoms with Gasteiger partial charge in [0.05, 0.1) is 19.8 Å². The van der Waals surface area contributed by atoms with Gasteiger partial charge >= 0.3 is 12.3 Å². The Balaban J connectivity index is 3.27. The van der Waals surface area contributed by atoms with Gasteiger partial charge in [0.15, 0.2) is 5.69 Å². The van der Waals surface area contributed by atoms with Crippen molar-refractivity contribution in [2.75, 3.05) is 14.2 Å². The second kappa shape index (κ2) is 5.11. The molecule has 18 heavy (non-hydrogen) atoms. The third-order valence-electron chi connectivity index (χ3n) is 2.01. The number of hydrogen-bond acceptors (Lipinski definition) is 5. The third kappa shape index (κ3) is 3.25. The minimum Gasteiger partial charge on any atom is -0.496 e. The Morgan fingerprint density at radius 1 is 1.33 bits per heavy atom. The van der Waals surface area contributed by atoms with E-state index < -0.39 is 18.2 Å². The number of esters is 1. The molecule has 1 rings (SSSR count). The molecular formula is C10H10F3NO4. The highest BCUT2D eigenvalue weighted by Crippen LogP contribution is 2.30. The summed E-state index contributed by atoms with van der Waals surface area (Å²) in [6.45, 7) is 1.33. The summed E-state index contributed by atoms with van der Waals surface area (Å²) in [6, 6.07) is 1.17. The second-order valence-corrected chi connectivity index (χ2v) is 3.18. The molecule has 0 saturated carbocycles. The zero-order valence-electron chi connectivity index (χ0n) is 9.79. The average Bonchev–Trinajstić information content (AvgIpc) is 2.29. The van der Waals surface area contributed by atoms with Crippen LogP contribution in [0.5, 0.6) is 11.6 Å². The maximum Gasteiger partial charge on any atom is 0.574 e. The van der Waals surface area contributed by atoms with Crippen molar-refractivity contribution in [3.63, 3.8) is 0 Å². The summed E-state index contributed by atoms with van der Waals surface area (Å²) in [7, 11) is 2.33. The summed E-state index contributed by atoms with van der Waals surface area (Å²) >= 11 is 0. The third-order valence-corrected chi connectivity index (χ3v) is 2.01. The van der Waals surface area contributed by atoms with Crippen molar-refractivity contribution >= 4 is 5.97 Å². The summed E-state index contributed by atoms with van der Waals surface area (Å²) in [5, 5.41) is 0. The maximum absolute atomic E-state index is 12.2. The standard InChI is InChI=1S/C10H10F3NO4/c1-5-7(16-2)4-6(9(15)17-3)14-8(5)18-10(11,12)13/h4H,1-3H3. The Morgan fingerprint density at radius 3 is 2.39 bits per heavy atom. The first-order valence-corrected chi connectivity index (χ1v) is 4.68. The number of pyridine rings is 1. The van der Waals surface area contributed by atoms with Gasteiger partial charge in [-0.3, -0.25) is 0 Å². The molecule has 100 valence electrons. The topological polar surface area (TPSA) is 57.7 Å². The molecule has 0 radical (unpaired) electrons. The van der Waals surface area contributed by atoms with Gasteiger partial charge in [0.2, 0.25) is 5.88 Å². The number of carbonyl (C=O) groups excluding carboxylic acids is 1. The molecule has 1 aromatic heterocycles. The van der Waals surface area contributed by atoms with E-state index in [1.54, 1.807) is 0 Å². The molecule has 0 N–H and O–H groups in total. The number of hydrogen-bond donors (Lipinski definition) is 0. The molecule has 0 bridgehead atoms. The number of ether oxygens (including phenoxy) is 3. The van der Waals surface area contributed by atoms with E-state index >= 15 is 0 Å². The lowest BCUT2D eigenvalue weighted by molar-refractivity contribution is -0.276. The lowest BCUT2D eigenvalue weighted by Gasteiger charge is -2.13. The number of aromatic nitrogens is 1. The number of nitrogens with zero attached hydrogens (tertiary/aromatic N) is 1. The van der Waals surface area contributed by atoms with Gasteiger partial charge in [0.25, 0.3) is 0 Å². The van der Waals surface area contributed by atoms with Gasteiger partial charge < -0.3 is 14.2 Å². The van der Waals surface area contributed by atoms with Gasteiger partial charge in [-0.25, -0.2) is 9.78 Å². The van der Waals surface area contributed by atoms with E-state index in [1.165, 1.54) is 20.1 Å². The highest BCUT2D eigenvalue weighted by atomic mass is 19.4. The summed E-state index contributed by atoms with van der Waals surface area (Å²) in [5.74, 6) is -1.59. The van der Waals surface area contributed by atoms with Crippen LogP contribution in [0.25, 0.3) is 0 Å². The fraction of sp³-hybridized carbons (Fsp3) is 0.400. The Bertz CT molecular complexity index is 459. The van der Waals surface area contributed by atoms with Gasteiger partial charge in [-0.15, -0.1) is 13.2 Å². The lowest BCUT2D eigenvalue weighted by atomic mass is 10.2. The quantitative estimate of drug-likeness (QED) is 0.783. The average molecular weight is 265 g/mol. The number of carbonyl (C=O) groups is 1.